The second-order valence-electron chi connectivity index (χ2n) is 7.48. The van der Waals surface area contributed by atoms with Crippen LogP contribution < -0.4 is 15.6 Å². The lowest BCUT2D eigenvalue weighted by molar-refractivity contribution is -0.923. The SMILES string of the molecule is CC[N+](CC)(CC)CCCn1c(C)c(C(=O)C(N)=O)c2c(OCC(=O)[O-])cccc21. The lowest BCUT2D eigenvalue weighted by Crippen LogP contribution is -2.48. The van der Waals surface area contributed by atoms with Gasteiger partial charge in [0, 0.05) is 18.7 Å². The number of aromatic nitrogens is 1. The molecule has 0 unspecified atom stereocenters. The molecule has 0 bridgehead atoms. The predicted octanol–water partition coefficient (Wildman–Crippen LogP) is 1.01. The highest BCUT2D eigenvalue weighted by Crippen LogP contribution is 2.34. The monoisotopic (exact) mass is 417 g/mol. The summed E-state index contributed by atoms with van der Waals surface area (Å²) in [6, 6.07) is 5.12. The van der Waals surface area contributed by atoms with Crippen LogP contribution in [0.4, 0.5) is 0 Å². The van der Waals surface area contributed by atoms with Gasteiger partial charge in [-0.25, -0.2) is 0 Å². The van der Waals surface area contributed by atoms with E-state index in [0.717, 1.165) is 37.1 Å². The number of carbonyl (C=O) groups is 3. The van der Waals surface area contributed by atoms with Crippen LogP contribution in [-0.4, -0.2) is 59.5 Å². The highest BCUT2D eigenvalue weighted by molar-refractivity contribution is 6.45. The van der Waals surface area contributed by atoms with E-state index < -0.39 is 24.3 Å². The van der Waals surface area contributed by atoms with Crippen LogP contribution in [0.1, 0.15) is 43.2 Å². The first-order chi connectivity index (χ1) is 14.2. The first-order valence-electron chi connectivity index (χ1n) is 10.3. The van der Waals surface area contributed by atoms with E-state index in [1.807, 2.05) is 10.6 Å². The lowest BCUT2D eigenvalue weighted by Gasteiger charge is -2.36. The molecule has 30 heavy (non-hydrogen) atoms. The van der Waals surface area contributed by atoms with Gasteiger partial charge in [-0.2, -0.15) is 0 Å². The number of aryl methyl sites for hydroxylation is 1. The minimum Gasteiger partial charge on any atom is -0.546 e. The van der Waals surface area contributed by atoms with Gasteiger partial charge in [0.05, 0.1) is 48.6 Å². The molecule has 0 atom stereocenters. The molecule has 8 heteroatoms. The molecule has 0 spiro atoms. The Kier molecular flexibility index (Phi) is 7.61. The first kappa shape index (κ1) is 23.4. The van der Waals surface area contributed by atoms with Crippen LogP contribution in [0.2, 0.25) is 0 Å². The molecule has 0 aliphatic heterocycles. The summed E-state index contributed by atoms with van der Waals surface area (Å²) in [4.78, 5) is 35.1. The van der Waals surface area contributed by atoms with Crippen molar-refractivity contribution in [3.05, 3.63) is 29.5 Å². The summed E-state index contributed by atoms with van der Waals surface area (Å²) < 4.78 is 8.33. The molecular formula is C22H31N3O5. The number of ketones is 1. The predicted molar refractivity (Wildman–Crippen MR) is 112 cm³/mol. The molecular weight excluding hydrogens is 386 g/mol. The number of carbonyl (C=O) groups excluding carboxylic acids is 3. The van der Waals surface area contributed by atoms with Crippen LogP contribution in [0.3, 0.4) is 0 Å². The average Bonchev–Trinajstić information content (AvgIpc) is 3.01. The summed E-state index contributed by atoms with van der Waals surface area (Å²) in [6.07, 6.45) is 0.883. The molecule has 0 fully saturated rings. The first-order valence-corrected chi connectivity index (χ1v) is 10.3. The number of primary amides is 1. The van der Waals surface area contributed by atoms with Gasteiger partial charge in [-0.1, -0.05) is 6.07 Å². The quantitative estimate of drug-likeness (QED) is 0.314. The smallest absolute Gasteiger partial charge is 0.289 e. The second-order valence-corrected chi connectivity index (χ2v) is 7.48. The molecule has 0 aliphatic rings. The third-order valence-electron chi connectivity index (χ3n) is 6.13. The number of carboxylic acids is 1. The molecule has 1 aromatic heterocycles. The van der Waals surface area contributed by atoms with E-state index in [-0.39, 0.29) is 11.3 Å². The van der Waals surface area contributed by atoms with Crippen molar-refractivity contribution in [1.29, 1.82) is 0 Å². The second kappa shape index (κ2) is 9.75. The van der Waals surface area contributed by atoms with Gasteiger partial charge in [0.25, 0.3) is 11.7 Å². The fourth-order valence-electron chi connectivity index (χ4n) is 4.15. The topological polar surface area (TPSA) is 114 Å². The third-order valence-corrected chi connectivity index (χ3v) is 6.13. The summed E-state index contributed by atoms with van der Waals surface area (Å²) in [5.41, 5.74) is 6.75. The van der Waals surface area contributed by atoms with Crippen LogP contribution in [0.5, 0.6) is 5.75 Å². The maximum Gasteiger partial charge on any atom is 0.289 e. The molecule has 1 amide bonds. The van der Waals surface area contributed by atoms with E-state index in [1.165, 1.54) is 0 Å². The number of nitrogens with two attached hydrogens (primary N) is 1. The molecule has 0 radical (unpaired) electrons. The fraction of sp³-hybridized carbons (Fsp3) is 0.500. The molecule has 2 N–H and O–H groups in total. The number of quaternary nitrogens is 1. The molecule has 0 saturated heterocycles. The van der Waals surface area contributed by atoms with Crippen molar-refractivity contribution in [2.24, 2.45) is 5.73 Å². The van der Waals surface area contributed by atoms with Gasteiger partial charge >= 0.3 is 0 Å². The van der Waals surface area contributed by atoms with E-state index >= 15 is 0 Å². The number of fused-ring (bicyclic) bond motifs is 1. The standard InChI is InChI=1S/C22H31N3O5/c1-5-25(6-2,7-3)13-9-12-24-15(4)19(21(28)22(23)29)20-16(24)10-8-11-17(20)30-14-18(26)27/h8,10-11H,5-7,9,12-14H2,1-4H3,(H2-,23,26,27,29). The van der Waals surface area contributed by atoms with Crippen LogP contribution in [0, 0.1) is 6.92 Å². The number of hydrogen-bond acceptors (Lipinski definition) is 5. The Morgan fingerprint density at radius 3 is 2.30 bits per heavy atom. The summed E-state index contributed by atoms with van der Waals surface area (Å²) >= 11 is 0. The molecule has 2 rings (SSSR count). The van der Waals surface area contributed by atoms with Gasteiger partial charge < -0.3 is 29.4 Å². The van der Waals surface area contributed by atoms with Crippen molar-refractivity contribution >= 4 is 28.6 Å². The fourth-order valence-corrected chi connectivity index (χ4v) is 4.15. The number of benzene rings is 1. The van der Waals surface area contributed by atoms with Gasteiger partial charge in [-0.05, 0) is 39.8 Å². The molecule has 2 aromatic rings. The number of carboxylic acid groups (broad SMARTS) is 1. The molecule has 1 heterocycles. The highest BCUT2D eigenvalue weighted by atomic mass is 16.5. The van der Waals surface area contributed by atoms with Crippen molar-refractivity contribution in [2.75, 3.05) is 32.8 Å². The Labute approximate surface area is 176 Å². The molecule has 8 nitrogen and oxygen atoms in total. The summed E-state index contributed by atoms with van der Waals surface area (Å²) in [5, 5.41) is 11.2. The van der Waals surface area contributed by atoms with E-state index in [9.17, 15) is 19.5 Å². The zero-order chi connectivity index (χ0) is 22.5. The maximum atomic E-state index is 12.6. The molecule has 0 aliphatic carbocycles. The average molecular weight is 418 g/mol. The molecule has 0 saturated carbocycles. The summed E-state index contributed by atoms with van der Waals surface area (Å²) in [6.45, 7) is 12.5. The van der Waals surface area contributed by atoms with E-state index in [0.29, 0.717) is 23.1 Å². The Morgan fingerprint density at radius 2 is 1.77 bits per heavy atom. The minimum absolute atomic E-state index is 0.161. The number of hydrogen-bond donors (Lipinski definition) is 1. The summed E-state index contributed by atoms with van der Waals surface area (Å²) in [7, 11) is 0. The van der Waals surface area contributed by atoms with Gasteiger partial charge in [0.15, 0.2) is 0 Å². The highest BCUT2D eigenvalue weighted by Gasteiger charge is 2.26. The number of nitrogens with zero attached hydrogens (tertiary/aromatic N) is 2. The summed E-state index contributed by atoms with van der Waals surface area (Å²) in [5.74, 6) is -3.05. The van der Waals surface area contributed by atoms with Crippen molar-refractivity contribution < 1.29 is 28.7 Å². The Balaban J connectivity index is 2.51. The normalized spacial score (nSPS) is 11.6. The van der Waals surface area contributed by atoms with Crippen molar-refractivity contribution in [1.82, 2.24) is 4.57 Å². The van der Waals surface area contributed by atoms with Gasteiger partial charge in [-0.15, -0.1) is 0 Å². The largest absolute Gasteiger partial charge is 0.546 e. The Morgan fingerprint density at radius 1 is 1.13 bits per heavy atom. The molecule has 164 valence electrons. The Hall–Kier alpha value is -2.87. The maximum absolute atomic E-state index is 12.6. The van der Waals surface area contributed by atoms with Gasteiger partial charge in [-0.3, -0.25) is 9.59 Å². The number of amides is 1. The van der Waals surface area contributed by atoms with Gasteiger partial charge in [0.1, 0.15) is 12.4 Å². The molecule has 1 aromatic carbocycles. The zero-order valence-electron chi connectivity index (χ0n) is 18.2. The van der Waals surface area contributed by atoms with E-state index in [2.05, 4.69) is 20.8 Å². The third kappa shape index (κ3) is 4.64. The zero-order valence-corrected chi connectivity index (χ0v) is 18.2. The van der Waals surface area contributed by atoms with Crippen LogP contribution >= 0.6 is 0 Å². The van der Waals surface area contributed by atoms with Gasteiger partial charge in [0.2, 0.25) is 0 Å². The van der Waals surface area contributed by atoms with Crippen molar-refractivity contribution in [3.63, 3.8) is 0 Å². The minimum atomic E-state index is -1.38. The number of ether oxygens (including phenoxy) is 1. The van der Waals surface area contributed by atoms with Crippen LogP contribution in [-0.2, 0) is 16.1 Å². The van der Waals surface area contributed by atoms with Crippen LogP contribution in [0.25, 0.3) is 10.9 Å². The lowest BCUT2D eigenvalue weighted by atomic mass is 10.1. The number of Topliss-reactive ketones (excluding diaryl/α,β-unsaturated/α-hetero) is 1. The van der Waals surface area contributed by atoms with E-state index in [1.54, 1.807) is 19.1 Å². The van der Waals surface area contributed by atoms with Crippen molar-refractivity contribution in [2.45, 2.75) is 40.7 Å². The Bertz CT molecular complexity index is 936. The number of aliphatic carboxylic acids is 1. The van der Waals surface area contributed by atoms with E-state index in [4.69, 9.17) is 10.5 Å². The number of rotatable bonds is 12. The van der Waals surface area contributed by atoms with Crippen LogP contribution in [0.15, 0.2) is 18.2 Å². The van der Waals surface area contributed by atoms with Crippen molar-refractivity contribution in [3.8, 4) is 5.75 Å².